The first-order chi connectivity index (χ1) is 12.7. The second kappa shape index (κ2) is 7.19. The Morgan fingerprint density at radius 3 is 2.63 bits per heavy atom. The van der Waals surface area contributed by atoms with Gasteiger partial charge in [0, 0.05) is 0 Å². The van der Waals surface area contributed by atoms with Crippen molar-refractivity contribution in [3.8, 4) is 23.0 Å². The van der Waals surface area contributed by atoms with E-state index in [1.807, 2.05) is 18.2 Å². The fourth-order valence-electron chi connectivity index (χ4n) is 2.53. The zero-order valence-electron chi connectivity index (χ0n) is 15.4. The maximum Gasteiger partial charge on any atom is 0.284 e. The van der Waals surface area contributed by atoms with Gasteiger partial charge in [0.1, 0.15) is 6.61 Å². The number of benzene rings is 2. The van der Waals surface area contributed by atoms with Gasteiger partial charge in [0.05, 0.1) is 6.21 Å². The lowest BCUT2D eigenvalue weighted by atomic mass is 9.87. The summed E-state index contributed by atoms with van der Waals surface area (Å²) in [5.41, 5.74) is 3.94. The highest BCUT2D eigenvalue weighted by atomic mass is 16.6. The molecule has 1 aliphatic heterocycles. The Hall–Kier alpha value is -3.22. The van der Waals surface area contributed by atoms with Crippen LogP contribution in [0.15, 0.2) is 41.5 Å². The number of nitrogens with one attached hydrogen (secondary N) is 1. The summed E-state index contributed by atoms with van der Waals surface area (Å²) < 4.78 is 11.4. The van der Waals surface area contributed by atoms with Crippen molar-refractivity contribution < 1.29 is 24.5 Å². The minimum absolute atomic E-state index is 0.0481. The van der Waals surface area contributed by atoms with Gasteiger partial charge in [-0.15, -0.1) is 0 Å². The number of rotatable bonds is 3. The van der Waals surface area contributed by atoms with Crippen LogP contribution in [-0.2, 0) is 10.2 Å². The van der Waals surface area contributed by atoms with Gasteiger partial charge in [-0.1, -0.05) is 26.8 Å². The van der Waals surface area contributed by atoms with Crippen LogP contribution < -0.4 is 14.9 Å². The summed E-state index contributed by atoms with van der Waals surface area (Å²) >= 11 is 0. The molecule has 0 saturated heterocycles. The molecule has 2 aromatic rings. The number of hydrogen-bond acceptors (Lipinski definition) is 6. The molecule has 0 saturated carbocycles. The molecule has 1 amide bonds. The van der Waals surface area contributed by atoms with Crippen LogP contribution in [0.5, 0.6) is 23.0 Å². The predicted molar refractivity (Wildman–Crippen MR) is 101 cm³/mol. The second-order valence-electron chi connectivity index (χ2n) is 7.31. The SMILES string of the molecule is CC(C)(C)c1ccc2c(c1)O[C@@H](C(=O)N/N=C/c1ccc(O)c(O)c1)CO2. The van der Waals surface area contributed by atoms with Gasteiger partial charge in [0.2, 0.25) is 6.10 Å². The van der Waals surface area contributed by atoms with E-state index in [2.05, 4.69) is 31.3 Å². The summed E-state index contributed by atoms with van der Waals surface area (Å²) in [6, 6.07) is 9.93. The van der Waals surface area contributed by atoms with Crippen LogP contribution in [0.1, 0.15) is 31.9 Å². The Morgan fingerprint density at radius 1 is 1.15 bits per heavy atom. The normalized spacial score (nSPS) is 16.3. The van der Waals surface area contributed by atoms with E-state index >= 15 is 0 Å². The molecular formula is C20H22N2O5. The Labute approximate surface area is 157 Å². The van der Waals surface area contributed by atoms with Crippen LogP contribution in [0, 0.1) is 0 Å². The Kier molecular flexibility index (Phi) is 4.94. The zero-order chi connectivity index (χ0) is 19.6. The number of carbonyl (C=O) groups excluding carboxylic acids is 1. The number of phenolic OH excluding ortho intramolecular Hbond substituents is 2. The lowest BCUT2D eigenvalue weighted by Crippen LogP contribution is -2.42. The highest BCUT2D eigenvalue weighted by Gasteiger charge is 2.28. The number of aromatic hydroxyl groups is 2. The van der Waals surface area contributed by atoms with Gasteiger partial charge in [-0.3, -0.25) is 4.79 Å². The minimum atomic E-state index is -0.821. The Balaban J connectivity index is 1.65. The lowest BCUT2D eigenvalue weighted by Gasteiger charge is -2.27. The number of fused-ring (bicyclic) bond motifs is 1. The van der Waals surface area contributed by atoms with Crippen LogP contribution in [0.25, 0.3) is 0 Å². The number of nitrogens with zero attached hydrogens (tertiary/aromatic N) is 1. The molecule has 0 fully saturated rings. The van der Waals surface area contributed by atoms with E-state index < -0.39 is 12.0 Å². The summed E-state index contributed by atoms with van der Waals surface area (Å²) in [6.45, 7) is 6.37. The van der Waals surface area contributed by atoms with E-state index in [1.54, 1.807) is 6.07 Å². The van der Waals surface area contributed by atoms with Crippen molar-refractivity contribution in [1.29, 1.82) is 0 Å². The first-order valence-electron chi connectivity index (χ1n) is 8.53. The summed E-state index contributed by atoms with van der Waals surface area (Å²) in [7, 11) is 0. The van der Waals surface area contributed by atoms with Crippen LogP contribution in [0.4, 0.5) is 0 Å². The van der Waals surface area contributed by atoms with Gasteiger partial charge in [0.25, 0.3) is 5.91 Å². The zero-order valence-corrected chi connectivity index (χ0v) is 15.4. The molecule has 2 aromatic carbocycles. The molecule has 1 atom stereocenters. The molecule has 0 aromatic heterocycles. The fourth-order valence-corrected chi connectivity index (χ4v) is 2.53. The molecule has 0 spiro atoms. The average Bonchev–Trinajstić information content (AvgIpc) is 2.63. The first-order valence-corrected chi connectivity index (χ1v) is 8.53. The van der Waals surface area contributed by atoms with Gasteiger partial charge in [-0.05, 0) is 46.9 Å². The number of hydrazone groups is 1. The van der Waals surface area contributed by atoms with E-state index in [4.69, 9.17) is 9.47 Å². The Bertz CT molecular complexity index is 886. The molecular weight excluding hydrogens is 348 g/mol. The molecule has 27 heavy (non-hydrogen) atoms. The monoisotopic (exact) mass is 370 g/mol. The Morgan fingerprint density at radius 2 is 1.93 bits per heavy atom. The molecule has 142 valence electrons. The number of ether oxygens (including phenoxy) is 2. The van der Waals surface area contributed by atoms with Gasteiger partial charge in [-0.25, -0.2) is 5.43 Å². The third-order valence-corrected chi connectivity index (χ3v) is 4.15. The summed E-state index contributed by atoms with van der Waals surface area (Å²) in [5, 5.41) is 22.6. The van der Waals surface area contributed by atoms with Crippen LogP contribution in [-0.4, -0.2) is 35.0 Å². The molecule has 1 aliphatic rings. The third-order valence-electron chi connectivity index (χ3n) is 4.15. The van der Waals surface area contributed by atoms with E-state index in [9.17, 15) is 15.0 Å². The molecule has 1 heterocycles. The summed E-state index contributed by atoms with van der Waals surface area (Å²) in [6.07, 6.45) is 0.532. The largest absolute Gasteiger partial charge is 0.504 e. The predicted octanol–water partition coefficient (Wildman–Crippen LogP) is 2.69. The van der Waals surface area contributed by atoms with Crippen molar-refractivity contribution in [3.63, 3.8) is 0 Å². The lowest BCUT2D eigenvalue weighted by molar-refractivity contribution is -0.130. The second-order valence-corrected chi connectivity index (χ2v) is 7.31. The minimum Gasteiger partial charge on any atom is -0.504 e. The first kappa shape index (κ1) is 18.6. The van der Waals surface area contributed by atoms with E-state index in [0.29, 0.717) is 17.1 Å². The maximum absolute atomic E-state index is 12.3. The topological polar surface area (TPSA) is 100 Å². The highest BCUT2D eigenvalue weighted by molar-refractivity contribution is 5.85. The number of phenols is 2. The van der Waals surface area contributed by atoms with Gasteiger partial charge in [-0.2, -0.15) is 5.10 Å². The summed E-state index contributed by atoms with van der Waals surface area (Å²) in [4.78, 5) is 12.3. The molecule has 0 radical (unpaired) electrons. The van der Waals surface area contributed by atoms with E-state index in [-0.39, 0.29) is 23.5 Å². The average molecular weight is 370 g/mol. The standard InChI is InChI=1S/C20H22N2O5/c1-20(2,3)13-5-7-16-17(9-13)27-18(11-26-16)19(25)22-21-10-12-4-6-14(23)15(24)8-12/h4-10,18,23-24H,11H2,1-3H3,(H,22,25)/b21-10+/t18-/m1/s1. The van der Waals surface area contributed by atoms with Crippen LogP contribution in [0.3, 0.4) is 0 Å². The molecule has 0 unspecified atom stereocenters. The van der Waals surface area contributed by atoms with E-state index in [0.717, 1.165) is 5.56 Å². The molecule has 3 N–H and O–H groups in total. The van der Waals surface area contributed by atoms with Crippen molar-refractivity contribution in [2.75, 3.05) is 6.61 Å². The quantitative estimate of drug-likeness (QED) is 0.438. The van der Waals surface area contributed by atoms with Crippen molar-refractivity contribution in [2.45, 2.75) is 32.3 Å². The molecule has 0 aliphatic carbocycles. The van der Waals surface area contributed by atoms with Crippen molar-refractivity contribution in [3.05, 3.63) is 47.5 Å². The van der Waals surface area contributed by atoms with Gasteiger partial charge in [0.15, 0.2) is 23.0 Å². The number of carbonyl (C=O) groups is 1. The van der Waals surface area contributed by atoms with Crippen LogP contribution in [0.2, 0.25) is 0 Å². The van der Waals surface area contributed by atoms with Crippen molar-refractivity contribution in [1.82, 2.24) is 5.43 Å². The van der Waals surface area contributed by atoms with Crippen molar-refractivity contribution in [2.24, 2.45) is 5.10 Å². The molecule has 0 bridgehead atoms. The fraction of sp³-hybridized carbons (Fsp3) is 0.300. The number of hydrogen-bond donors (Lipinski definition) is 3. The highest BCUT2D eigenvalue weighted by Crippen LogP contribution is 2.36. The smallest absolute Gasteiger partial charge is 0.284 e. The van der Waals surface area contributed by atoms with Crippen LogP contribution >= 0.6 is 0 Å². The maximum atomic E-state index is 12.3. The summed E-state index contributed by atoms with van der Waals surface area (Å²) in [5.74, 6) is 0.204. The molecule has 3 rings (SSSR count). The van der Waals surface area contributed by atoms with Crippen molar-refractivity contribution >= 4 is 12.1 Å². The van der Waals surface area contributed by atoms with E-state index in [1.165, 1.54) is 18.3 Å². The van der Waals surface area contributed by atoms with Gasteiger partial charge < -0.3 is 19.7 Å². The van der Waals surface area contributed by atoms with Gasteiger partial charge >= 0.3 is 0 Å². The number of amides is 1. The molecule has 7 nitrogen and oxygen atoms in total. The molecule has 7 heteroatoms. The third kappa shape index (κ3) is 4.31.